The van der Waals surface area contributed by atoms with Crippen molar-refractivity contribution < 1.29 is 9.53 Å². The van der Waals surface area contributed by atoms with Crippen molar-refractivity contribution in [2.45, 2.75) is 13.8 Å². The number of ether oxygens (including phenoxy) is 1. The number of nitrogens with two attached hydrogens (primary N) is 1. The average Bonchev–Trinajstić information content (AvgIpc) is 2.41. The molecule has 3 N–H and O–H groups in total. The first-order valence-corrected chi connectivity index (χ1v) is 7.85. The van der Waals surface area contributed by atoms with Gasteiger partial charge in [-0.05, 0) is 49.2 Å². The van der Waals surface area contributed by atoms with Crippen LogP contribution in [0.5, 0.6) is 5.75 Å². The Morgan fingerprint density at radius 1 is 1.09 bits per heavy atom. The predicted octanol–water partition coefficient (Wildman–Crippen LogP) is 4.86. The van der Waals surface area contributed by atoms with Crippen LogP contribution < -0.4 is 15.8 Å². The van der Waals surface area contributed by atoms with E-state index in [1.807, 2.05) is 0 Å². The number of nitrogens with one attached hydrogen (secondary N) is 1. The molecule has 0 saturated heterocycles. The number of hydrogen-bond donors (Lipinski definition) is 2. The fourth-order valence-electron chi connectivity index (χ4n) is 2.11. The molecular formula is C16H15Cl3N2O2. The molecule has 7 heteroatoms. The molecule has 0 aliphatic heterocycles. The largest absolute Gasteiger partial charge is 0.482 e. The summed E-state index contributed by atoms with van der Waals surface area (Å²) in [5, 5.41) is 3.94. The van der Waals surface area contributed by atoms with Gasteiger partial charge in [-0.2, -0.15) is 0 Å². The van der Waals surface area contributed by atoms with E-state index in [1.165, 1.54) is 0 Å². The number of hydrogen-bond acceptors (Lipinski definition) is 3. The molecule has 0 fully saturated rings. The Hall–Kier alpha value is -1.62. The highest BCUT2D eigenvalue weighted by Crippen LogP contribution is 2.32. The van der Waals surface area contributed by atoms with Crippen molar-refractivity contribution in [1.29, 1.82) is 0 Å². The Balaban J connectivity index is 2.07. The van der Waals surface area contributed by atoms with Crippen LogP contribution in [0.15, 0.2) is 24.3 Å². The van der Waals surface area contributed by atoms with Gasteiger partial charge in [-0.25, -0.2) is 0 Å². The number of carbonyl (C=O) groups excluding carboxylic acids is 1. The summed E-state index contributed by atoms with van der Waals surface area (Å²) in [6.45, 7) is 3.40. The van der Waals surface area contributed by atoms with E-state index in [1.54, 1.807) is 38.1 Å². The van der Waals surface area contributed by atoms with Crippen LogP contribution >= 0.6 is 34.8 Å². The number of carbonyl (C=O) groups is 1. The third-order valence-corrected chi connectivity index (χ3v) is 3.91. The van der Waals surface area contributed by atoms with E-state index in [-0.39, 0.29) is 12.5 Å². The quantitative estimate of drug-likeness (QED) is 0.752. The lowest BCUT2D eigenvalue weighted by Crippen LogP contribution is -2.21. The molecule has 2 aromatic carbocycles. The van der Waals surface area contributed by atoms with Crippen LogP contribution in [0.1, 0.15) is 11.1 Å². The second-order valence-corrected chi connectivity index (χ2v) is 6.32. The molecule has 2 rings (SSSR count). The molecule has 2 aromatic rings. The first-order valence-electron chi connectivity index (χ1n) is 6.72. The second-order valence-electron chi connectivity index (χ2n) is 5.07. The third-order valence-electron chi connectivity index (χ3n) is 3.12. The maximum absolute atomic E-state index is 12.1. The van der Waals surface area contributed by atoms with Gasteiger partial charge >= 0.3 is 0 Å². The van der Waals surface area contributed by atoms with Gasteiger partial charge in [-0.3, -0.25) is 4.79 Å². The summed E-state index contributed by atoms with van der Waals surface area (Å²) in [5.74, 6) is 0.0662. The zero-order valence-electron chi connectivity index (χ0n) is 12.5. The smallest absolute Gasteiger partial charge is 0.262 e. The van der Waals surface area contributed by atoms with E-state index in [9.17, 15) is 4.79 Å². The number of aryl methyl sites for hydroxylation is 2. The molecule has 4 nitrogen and oxygen atoms in total. The molecule has 23 heavy (non-hydrogen) atoms. The lowest BCUT2D eigenvalue weighted by molar-refractivity contribution is -0.118. The lowest BCUT2D eigenvalue weighted by atomic mass is 10.2. The molecule has 0 aliphatic rings. The summed E-state index contributed by atoms with van der Waals surface area (Å²) >= 11 is 18.1. The molecule has 0 heterocycles. The van der Waals surface area contributed by atoms with Crippen LogP contribution in [-0.4, -0.2) is 12.5 Å². The Bertz CT molecular complexity index is 717. The molecule has 0 spiro atoms. The van der Waals surface area contributed by atoms with Gasteiger partial charge in [0.15, 0.2) is 6.61 Å². The summed E-state index contributed by atoms with van der Waals surface area (Å²) in [4.78, 5) is 12.1. The van der Waals surface area contributed by atoms with Crippen molar-refractivity contribution in [2.24, 2.45) is 0 Å². The van der Waals surface area contributed by atoms with E-state index in [0.717, 1.165) is 11.1 Å². The van der Waals surface area contributed by atoms with Crippen LogP contribution in [0.2, 0.25) is 15.1 Å². The highest BCUT2D eigenvalue weighted by molar-refractivity contribution is 6.35. The number of nitrogen functional groups attached to an aromatic ring is 1. The summed E-state index contributed by atoms with van der Waals surface area (Å²) in [5.41, 5.74) is 8.25. The van der Waals surface area contributed by atoms with Gasteiger partial charge in [0.25, 0.3) is 5.91 Å². The zero-order valence-corrected chi connectivity index (χ0v) is 14.8. The Kier molecular flexibility index (Phi) is 5.63. The minimum atomic E-state index is -0.356. The summed E-state index contributed by atoms with van der Waals surface area (Å²) in [6.07, 6.45) is 0. The SMILES string of the molecule is Cc1cc(N)cc(Cl)c1NC(=O)COc1c(C)cc(Cl)cc1Cl. The van der Waals surface area contributed by atoms with Crippen LogP contribution in [-0.2, 0) is 4.79 Å². The minimum Gasteiger partial charge on any atom is -0.482 e. The van der Waals surface area contributed by atoms with Gasteiger partial charge in [0.05, 0.1) is 15.7 Å². The van der Waals surface area contributed by atoms with Gasteiger partial charge in [-0.1, -0.05) is 34.8 Å². The van der Waals surface area contributed by atoms with Gasteiger partial charge in [0, 0.05) is 10.7 Å². The average molecular weight is 374 g/mol. The maximum atomic E-state index is 12.1. The van der Waals surface area contributed by atoms with Crippen molar-refractivity contribution in [3.63, 3.8) is 0 Å². The summed E-state index contributed by atoms with van der Waals surface area (Å²) < 4.78 is 5.49. The number of rotatable bonds is 4. The van der Waals surface area contributed by atoms with Crippen molar-refractivity contribution in [2.75, 3.05) is 17.7 Å². The molecule has 0 bridgehead atoms. The number of halogens is 3. The molecule has 0 saturated carbocycles. The Labute approximate surface area is 149 Å². The van der Waals surface area contributed by atoms with Crippen molar-refractivity contribution in [3.8, 4) is 5.75 Å². The van der Waals surface area contributed by atoms with Gasteiger partial charge in [0.2, 0.25) is 0 Å². The minimum absolute atomic E-state index is 0.206. The zero-order chi connectivity index (χ0) is 17.1. The number of anilines is 2. The number of benzene rings is 2. The molecule has 0 radical (unpaired) electrons. The van der Waals surface area contributed by atoms with Gasteiger partial charge in [0.1, 0.15) is 5.75 Å². The third kappa shape index (κ3) is 4.44. The van der Waals surface area contributed by atoms with Crippen LogP contribution in [0, 0.1) is 13.8 Å². The van der Waals surface area contributed by atoms with Crippen LogP contribution in [0.25, 0.3) is 0 Å². The van der Waals surface area contributed by atoms with Gasteiger partial charge < -0.3 is 15.8 Å². The number of amides is 1. The maximum Gasteiger partial charge on any atom is 0.262 e. The molecule has 1 amide bonds. The summed E-state index contributed by atoms with van der Waals surface area (Å²) in [7, 11) is 0. The normalized spacial score (nSPS) is 10.5. The van der Waals surface area contributed by atoms with Crippen molar-refractivity contribution >= 4 is 52.1 Å². The van der Waals surface area contributed by atoms with E-state index >= 15 is 0 Å². The first-order chi connectivity index (χ1) is 10.8. The highest BCUT2D eigenvalue weighted by atomic mass is 35.5. The van der Waals surface area contributed by atoms with Crippen molar-refractivity contribution in [1.82, 2.24) is 0 Å². The fourth-order valence-corrected chi connectivity index (χ4v) is 3.09. The van der Waals surface area contributed by atoms with E-state index in [0.29, 0.717) is 32.2 Å². The predicted molar refractivity (Wildman–Crippen MR) is 95.9 cm³/mol. The molecular weight excluding hydrogens is 359 g/mol. The topological polar surface area (TPSA) is 64.3 Å². The monoisotopic (exact) mass is 372 g/mol. The Morgan fingerprint density at radius 3 is 2.39 bits per heavy atom. The molecule has 0 aliphatic carbocycles. The molecule has 0 aromatic heterocycles. The lowest BCUT2D eigenvalue weighted by Gasteiger charge is -2.14. The van der Waals surface area contributed by atoms with E-state index in [4.69, 9.17) is 45.3 Å². The van der Waals surface area contributed by atoms with Crippen LogP contribution in [0.4, 0.5) is 11.4 Å². The standard InChI is InChI=1S/C16H15Cl3N2O2/c1-8-4-11(20)6-12(18)15(8)21-14(22)7-23-16-9(2)3-10(17)5-13(16)19/h3-6H,7,20H2,1-2H3,(H,21,22). The second kappa shape index (κ2) is 7.30. The van der Waals surface area contributed by atoms with Crippen molar-refractivity contribution in [3.05, 3.63) is 50.5 Å². The van der Waals surface area contributed by atoms with E-state index < -0.39 is 0 Å². The molecule has 122 valence electrons. The Morgan fingerprint density at radius 2 is 1.78 bits per heavy atom. The first kappa shape index (κ1) is 17.7. The van der Waals surface area contributed by atoms with E-state index in [2.05, 4.69) is 5.32 Å². The van der Waals surface area contributed by atoms with Crippen LogP contribution in [0.3, 0.4) is 0 Å². The molecule has 0 unspecified atom stereocenters. The fraction of sp³-hybridized carbons (Fsp3) is 0.188. The van der Waals surface area contributed by atoms with Gasteiger partial charge in [-0.15, -0.1) is 0 Å². The highest BCUT2D eigenvalue weighted by Gasteiger charge is 2.13. The molecule has 0 atom stereocenters. The summed E-state index contributed by atoms with van der Waals surface area (Å²) in [6, 6.07) is 6.57.